The molecule has 0 unspecified atom stereocenters. The number of aliphatic hydroxyl groups excluding tert-OH is 1. The van der Waals surface area contributed by atoms with E-state index in [0.29, 0.717) is 5.56 Å². The van der Waals surface area contributed by atoms with Gasteiger partial charge in [-0.1, -0.05) is 62.7 Å². The van der Waals surface area contributed by atoms with Gasteiger partial charge in [-0.05, 0) is 35.6 Å². The van der Waals surface area contributed by atoms with E-state index in [-0.39, 0.29) is 22.5 Å². The van der Waals surface area contributed by atoms with Crippen LogP contribution < -0.4 is 9.46 Å². The van der Waals surface area contributed by atoms with Crippen molar-refractivity contribution in [3.63, 3.8) is 0 Å². The van der Waals surface area contributed by atoms with Crippen molar-refractivity contribution >= 4 is 15.8 Å². The normalized spacial score (nSPS) is 12.5. The summed E-state index contributed by atoms with van der Waals surface area (Å²) < 4.78 is 74.5. The lowest BCUT2D eigenvalue weighted by molar-refractivity contribution is -0.145. The van der Waals surface area contributed by atoms with Crippen LogP contribution in [0.25, 0.3) is 11.1 Å². The molecule has 1 heterocycles. The van der Waals surface area contributed by atoms with Gasteiger partial charge in [0.25, 0.3) is 10.0 Å². The first kappa shape index (κ1) is 26.4. The average molecular weight is 510 g/mol. The number of halogens is 3. The Balaban J connectivity index is 2.18. The lowest BCUT2D eigenvalue weighted by Gasteiger charge is -2.20. The van der Waals surface area contributed by atoms with Crippen molar-refractivity contribution in [3.05, 3.63) is 65.5 Å². The summed E-state index contributed by atoms with van der Waals surface area (Å²) in [6, 6.07) is 12.6. The topological polar surface area (TPSA) is 101 Å². The summed E-state index contributed by atoms with van der Waals surface area (Å²) in [6.07, 6.45) is -4.97. The number of ether oxygens (including phenoxy) is 1. The van der Waals surface area contributed by atoms with Gasteiger partial charge in [0.05, 0.1) is 17.1 Å². The van der Waals surface area contributed by atoms with Gasteiger partial charge in [0, 0.05) is 0 Å². The monoisotopic (exact) mass is 509 g/mol. The van der Waals surface area contributed by atoms with E-state index in [1.807, 2.05) is 27.7 Å². The second kappa shape index (κ2) is 9.82. The highest BCUT2D eigenvalue weighted by Gasteiger charge is 2.37. The van der Waals surface area contributed by atoms with Gasteiger partial charge in [0.15, 0.2) is 5.82 Å². The predicted molar refractivity (Wildman–Crippen MR) is 126 cm³/mol. The standard InChI is InChI=1S/C24H26F3N3O4S/c1-15-5-7-16(8-6-15)19-20(28-22(24(25,26)27)29-21(19)34-14-13-31)30-35(32,33)18-11-9-17(10-12-18)23(2,3)4/h5-12,31H,13-14H2,1-4H3,(H,28,29,30). The molecule has 0 atom stereocenters. The van der Waals surface area contributed by atoms with Gasteiger partial charge >= 0.3 is 6.18 Å². The molecule has 35 heavy (non-hydrogen) atoms. The predicted octanol–water partition coefficient (Wildman–Crippen LogP) is 4.94. The molecule has 2 aromatic carbocycles. The van der Waals surface area contributed by atoms with E-state index < -0.39 is 40.3 Å². The Bertz CT molecular complexity index is 1290. The highest BCUT2D eigenvalue weighted by atomic mass is 32.2. The SMILES string of the molecule is Cc1ccc(-c2c(NS(=O)(=O)c3ccc(C(C)(C)C)cc3)nc(C(F)(F)F)nc2OCCO)cc1. The van der Waals surface area contributed by atoms with Crippen LogP contribution in [0.15, 0.2) is 53.4 Å². The number of alkyl halides is 3. The fourth-order valence-corrected chi connectivity index (χ4v) is 4.20. The van der Waals surface area contributed by atoms with E-state index in [1.165, 1.54) is 12.1 Å². The van der Waals surface area contributed by atoms with E-state index in [9.17, 15) is 21.6 Å². The van der Waals surface area contributed by atoms with Crippen LogP contribution in [0.4, 0.5) is 19.0 Å². The van der Waals surface area contributed by atoms with E-state index in [0.717, 1.165) is 11.1 Å². The summed E-state index contributed by atoms with van der Waals surface area (Å²) in [4.78, 5) is 6.84. The van der Waals surface area contributed by atoms with E-state index in [2.05, 4.69) is 14.7 Å². The molecule has 3 aromatic rings. The molecule has 0 amide bonds. The summed E-state index contributed by atoms with van der Waals surface area (Å²) in [7, 11) is -4.33. The Morgan fingerprint density at radius 1 is 0.971 bits per heavy atom. The number of aromatic nitrogens is 2. The number of hydrogen-bond acceptors (Lipinski definition) is 6. The fraction of sp³-hybridized carbons (Fsp3) is 0.333. The largest absolute Gasteiger partial charge is 0.475 e. The number of sulfonamides is 1. The van der Waals surface area contributed by atoms with Gasteiger partial charge in [-0.2, -0.15) is 18.2 Å². The minimum atomic E-state index is -4.97. The Labute approximate surface area is 202 Å². The van der Waals surface area contributed by atoms with Crippen molar-refractivity contribution < 1.29 is 31.4 Å². The molecule has 0 aliphatic heterocycles. The van der Waals surface area contributed by atoms with Crippen molar-refractivity contribution in [2.75, 3.05) is 17.9 Å². The molecule has 0 saturated heterocycles. The first-order chi connectivity index (χ1) is 16.2. The van der Waals surface area contributed by atoms with Crippen LogP contribution in [-0.2, 0) is 21.6 Å². The first-order valence-electron chi connectivity index (χ1n) is 10.7. The van der Waals surface area contributed by atoms with Crippen LogP contribution in [0.3, 0.4) is 0 Å². The van der Waals surface area contributed by atoms with Gasteiger partial charge < -0.3 is 9.84 Å². The quantitative estimate of drug-likeness (QED) is 0.468. The van der Waals surface area contributed by atoms with Crippen molar-refractivity contribution in [3.8, 4) is 17.0 Å². The van der Waals surface area contributed by atoms with Crippen LogP contribution in [0.1, 0.15) is 37.7 Å². The minimum absolute atomic E-state index is 0.0821. The molecular weight excluding hydrogens is 483 g/mol. The third-order valence-corrected chi connectivity index (χ3v) is 6.42. The van der Waals surface area contributed by atoms with Gasteiger partial charge in [-0.15, -0.1) is 0 Å². The van der Waals surface area contributed by atoms with Crippen molar-refractivity contribution in [2.45, 2.75) is 44.2 Å². The molecule has 0 spiro atoms. The molecule has 0 aliphatic rings. The Morgan fingerprint density at radius 2 is 1.57 bits per heavy atom. The summed E-state index contributed by atoms with van der Waals surface area (Å²) >= 11 is 0. The summed E-state index contributed by atoms with van der Waals surface area (Å²) in [5.74, 6) is -2.68. The molecular formula is C24H26F3N3O4S. The Kier molecular flexibility index (Phi) is 7.42. The van der Waals surface area contributed by atoms with Crippen LogP contribution in [0, 0.1) is 6.92 Å². The minimum Gasteiger partial charge on any atom is -0.475 e. The zero-order valence-electron chi connectivity index (χ0n) is 19.6. The molecule has 188 valence electrons. The smallest absolute Gasteiger partial charge is 0.451 e. The molecule has 0 fully saturated rings. The average Bonchev–Trinajstić information content (AvgIpc) is 2.77. The second-order valence-electron chi connectivity index (χ2n) is 8.89. The Hall–Kier alpha value is -3.18. The Morgan fingerprint density at radius 3 is 2.09 bits per heavy atom. The number of nitrogens with one attached hydrogen (secondary N) is 1. The number of aryl methyl sites for hydroxylation is 1. The molecule has 0 aliphatic carbocycles. The lowest BCUT2D eigenvalue weighted by atomic mass is 9.87. The van der Waals surface area contributed by atoms with Crippen LogP contribution in [0.2, 0.25) is 0 Å². The van der Waals surface area contributed by atoms with Gasteiger partial charge in [-0.25, -0.2) is 13.4 Å². The van der Waals surface area contributed by atoms with Crippen LogP contribution >= 0.6 is 0 Å². The second-order valence-corrected chi connectivity index (χ2v) is 10.6. The summed E-state index contributed by atoms with van der Waals surface area (Å²) in [5.41, 5.74) is 1.79. The molecule has 2 N–H and O–H groups in total. The zero-order valence-corrected chi connectivity index (χ0v) is 20.5. The number of aliphatic hydroxyl groups is 1. The highest BCUT2D eigenvalue weighted by Crippen LogP contribution is 2.39. The highest BCUT2D eigenvalue weighted by molar-refractivity contribution is 7.92. The van der Waals surface area contributed by atoms with Gasteiger partial charge in [-0.3, -0.25) is 4.72 Å². The molecule has 0 bridgehead atoms. The number of anilines is 1. The first-order valence-corrected chi connectivity index (χ1v) is 12.1. The molecule has 0 saturated carbocycles. The van der Waals surface area contributed by atoms with Crippen LogP contribution in [0.5, 0.6) is 5.88 Å². The fourth-order valence-electron chi connectivity index (χ4n) is 3.19. The van der Waals surface area contributed by atoms with Crippen molar-refractivity contribution in [1.82, 2.24) is 9.97 Å². The van der Waals surface area contributed by atoms with Gasteiger partial charge in [0.2, 0.25) is 11.7 Å². The third-order valence-electron chi connectivity index (χ3n) is 5.06. The van der Waals surface area contributed by atoms with E-state index in [1.54, 1.807) is 36.4 Å². The molecule has 0 radical (unpaired) electrons. The molecule has 1 aromatic heterocycles. The number of hydrogen-bond donors (Lipinski definition) is 2. The maximum atomic E-state index is 13.6. The number of rotatable bonds is 7. The van der Waals surface area contributed by atoms with Crippen molar-refractivity contribution in [2.24, 2.45) is 0 Å². The molecule has 3 rings (SSSR count). The third kappa shape index (κ3) is 6.29. The molecule has 7 nitrogen and oxygen atoms in total. The summed E-state index contributed by atoms with van der Waals surface area (Å²) in [6.45, 7) is 6.89. The van der Waals surface area contributed by atoms with E-state index >= 15 is 0 Å². The number of benzene rings is 2. The van der Waals surface area contributed by atoms with Crippen LogP contribution in [-0.4, -0.2) is 36.7 Å². The zero-order chi connectivity index (χ0) is 26.0. The molecule has 11 heteroatoms. The number of nitrogens with zero attached hydrogens (tertiary/aromatic N) is 2. The van der Waals surface area contributed by atoms with E-state index in [4.69, 9.17) is 9.84 Å². The maximum absolute atomic E-state index is 13.6. The van der Waals surface area contributed by atoms with Crippen molar-refractivity contribution in [1.29, 1.82) is 0 Å². The van der Waals surface area contributed by atoms with Gasteiger partial charge in [0.1, 0.15) is 6.61 Å². The summed E-state index contributed by atoms with van der Waals surface area (Å²) in [5, 5.41) is 9.14. The maximum Gasteiger partial charge on any atom is 0.451 e. The lowest BCUT2D eigenvalue weighted by Crippen LogP contribution is -2.20.